The van der Waals surface area contributed by atoms with Crippen LogP contribution in [0.1, 0.15) is 58.0 Å². The topological polar surface area (TPSA) is 73.2 Å². The van der Waals surface area contributed by atoms with Gasteiger partial charge in [-0.2, -0.15) is 8.78 Å². The number of hydrogen-bond acceptors (Lipinski definition) is 4. The Morgan fingerprint density at radius 2 is 1.93 bits per heavy atom. The van der Waals surface area contributed by atoms with Crippen molar-refractivity contribution in [2.75, 3.05) is 0 Å². The largest absolute Gasteiger partial charge is 0.453 e. The second kappa shape index (κ2) is 8.02. The van der Waals surface area contributed by atoms with E-state index >= 15 is 0 Å². The van der Waals surface area contributed by atoms with E-state index in [2.05, 4.69) is 10.3 Å². The average Bonchev–Trinajstić information content (AvgIpc) is 3.26. The molecule has 8 heteroatoms. The first-order valence-corrected chi connectivity index (χ1v) is 9.11. The summed E-state index contributed by atoms with van der Waals surface area (Å²) in [5.41, 5.74) is 0.685. The highest BCUT2D eigenvalue weighted by Gasteiger charge is 2.34. The summed E-state index contributed by atoms with van der Waals surface area (Å²) in [6, 6.07) is 5.77. The van der Waals surface area contributed by atoms with Gasteiger partial charge >= 0.3 is 12.5 Å². The van der Waals surface area contributed by atoms with E-state index in [9.17, 15) is 18.4 Å². The highest BCUT2D eigenvalue weighted by atomic mass is 19.3. The Bertz CT molecular complexity index is 831. The number of amides is 1. The van der Waals surface area contributed by atoms with Crippen molar-refractivity contribution in [3.63, 3.8) is 0 Å². The first kappa shape index (κ1) is 19.3. The molecule has 1 amide bonds. The third-order valence-electron chi connectivity index (χ3n) is 4.96. The summed E-state index contributed by atoms with van der Waals surface area (Å²) in [5.74, 6) is -0.955. The van der Waals surface area contributed by atoms with E-state index in [0.717, 1.165) is 30.3 Å². The monoisotopic (exact) mass is 379 g/mol. The third-order valence-corrected chi connectivity index (χ3v) is 4.96. The molecule has 0 bridgehead atoms. The van der Waals surface area contributed by atoms with Gasteiger partial charge in [-0.3, -0.25) is 9.36 Å². The molecule has 1 N–H and O–H groups in total. The number of hydrogen-bond donors (Lipinski definition) is 1. The highest BCUT2D eigenvalue weighted by molar-refractivity contribution is 5.83. The number of rotatable bonds is 6. The Balaban J connectivity index is 1.84. The molecular weight excluding hydrogens is 356 g/mol. The standard InChI is InChI=1S/C19H23F2N3O3/c1-11(17-23-14-9-5-6-10-15(14)24(17)19(20)21)27-18(26)16(22-12(2)25)13-7-3-4-8-13/h5-6,9-11,13,16,19H,3-4,7-8H2,1-2H3,(H,22,25)/t11-,16-/m0/s1. The maximum atomic E-state index is 13.6. The second-order valence-corrected chi connectivity index (χ2v) is 6.91. The number of imidazole rings is 1. The fraction of sp³-hybridized carbons (Fsp3) is 0.526. The van der Waals surface area contributed by atoms with E-state index < -0.39 is 24.7 Å². The van der Waals surface area contributed by atoms with Gasteiger partial charge in [-0.25, -0.2) is 9.78 Å². The Hall–Kier alpha value is -2.51. The molecule has 1 saturated carbocycles. The van der Waals surface area contributed by atoms with Gasteiger partial charge in [0.15, 0.2) is 11.9 Å². The molecule has 1 aliphatic carbocycles. The highest BCUT2D eigenvalue weighted by Crippen LogP contribution is 2.31. The second-order valence-electron chi connectivity index (χ2n) is 6.91. The molecule has 0 saturated heterocycles. The van der Waals surface area contributed by atoms with Crippen LogP contribution in [0.2, 0.25) is 0 Å². The Kier molecular flexibility index (Phi) is 5.72. The summed E-state index contributed by atoms with van der Waals surface area (Å²) < 4.78 is 33.4. The lowest BCUT2D eigenvalue weighted by molar-refractivity contribution is -0.154. The summed E-state index contributed by atoms with van der Waals surface area (Å²) >= 11 is 0. The molecule has 1 aromatic carbocycles. The van der Waals surface area contributed by atoms with E-state index in [1.807, 2.05) is 0 Å². The lowest BCUT2D eigenvalue weighted by atomic mass is 9.98. The lowest BCUT2D eigenvalue weighted by Gasteiger charge is -2.24. The van der Waals surface area contributed by atoms with Crippen LogP contribution < -0.4 is 5.32 Å². The summed E-state index contributed by atoms with van der Waals surface area (Å²) in [4.78, 5) is 28.4. The maximum absolute atomic E-state index is 13.6. The molecular formula is C19H23F2N3O3. The van der Waals surface area contributed by atoms with Crippen molar-refractivity contribution < 1.29 is 23.1 Å². The predicted molar refractivity (Wildman–Crippen MR) is 95.1 cm³/mol. The molecule has 1 fully saturated rings. The maximum Gasteiger partial charge on any atom is 0.329 e. The number of aromatic nitrogens is 2. The lowest BCUT2D eigenvalue weighted by Crippen LogP contribution is -2.45. The molecule has 6 nitrogen and oxygen atoms in total. The zero-order valence-electron chi connectivity index (χ0n) is 15.3. The number of esters is 1. The Morgan fingerprint density at radius 1 is 1.26 bits per heavy atom. The minimum Gasteiger partial charge on any atom is -0.453 e. The van der Waals surface area contributed by atoms with Crippen LogP contribution >= 0.6 is 0 Å². The summed E-state index contributed by atoms with van der Waals surface area (Å²) in [6.45, 7) is 0.0429. The van der Waals surface area contributed by atoms with Crippen LogP contribution in [0.25, 0.3) is 11.0 Å². The van der Waals surface area contributed by atoms with E-state index in [1.165, 1.54) is 13.8 Å². The molecule has 1 heterocycles. The molecule has 0 aliphatic heterocycles. The molecule has 27 heavy (non-hydrogen) atoms. The minimum atomic E-state index is -2.81. The number of para-hydroxylation sites is 2. The van der Waals surface area contributed by atoms with Crippen LogP contribution in [0.5, 0.6) is 0 Å². The van der Waals surface area contributed by atoms with Crippen molar-refractivity contribution in [2.45, 2.75) is 58.2 Å². The van der Waals surface area contributed by atoms with Gasteiger partial charge in [0.25, 0.3) is 0 Å². The molecule has 2 aromatic rings. The van der Waals surface area contributed by atoms with Crippen molar-refractivity contribution in [1.82, 2.24) is 14.9 Å². The number of benzene rings is 1. The van der Waals surface area contributed by atoms with Gasteiger partial charge < -0.3 is 10.1 Å². The van der Waals surface area contributed by atoms with Crippen molar-refractivity contribution in [2.24, 2.45) is 5.92 Å². The summed E-state index contributed by atoms with van der Waals surface area (Å²) in [5, 5.41) is 2.65. The molecule has 1 aliphatic rings. The first-order chi connectivity index (χ1) is 12.9. The predicted octanol–water partition coefficient (Wildman–Crippen LogP) is 3.73. The molecule has 0 radical (unpaired) electrons. The van der Waals surface area contributed by atoms with Crippen LogP contribution in [0.15, 0.2) is 24.3 Å². The molecule has 2 atom stereocenters. The zero-order chi connectivity index (χ0) is 19.6. The fourth-order valence-corrected chi connectivity index (χ4v) is 3.73. The first-order valence-electron chi connectivity index (χ1n) is 9.11. The zero-order valence-corrected chi connectivity index (χ0v) is 15.3. The molecule has 146 valence electrons. The number of nitrogens with zero attached hydrogens (tertiary/aromatic N) is 2. The normalized spacial score (nSPS) is 17.2. The van der Waals surface area contributed by atoms with Crippen molar-refractivity contribution in [3.8, 4) is 0 Å². The summed E-state index contributed by atoms with van der Waals surface area (Å²) in [6.07, 6.45) is 2.65. The van der Waals surface area contributed by atoms with Crippen molar-refractivity contribution in [1.29, 1.82) is 0 Å². The number of fused-ring (bicyclic) bond motifs is 1. The van der Waals surface area contributed by atoms with Crippen LogP contribution in [-0.4, -0.2) is 27.5 Å². The quantitative estimate of drug-likeness (QED) is 0.776. The number of ether oxygens (including phenoxy) is 1. The van der Waals surface area contributed by atoms with Gasteiger partial charge in [0.05, 0.1) is 11.0 Å². The average molecular weight is 379 g/mol. The molecule has 0 spiro atoms. The number of carbonyl (C=O) groups is 2. The SMILES string of the molecule is CC(=O)N[C@H](C(=O)O[C@@H](C)c1nc2ccccc2n1C(F)F)C1CCCC1. The van der Waals surface area contributed by atoms with Gasteiger partial charge in [0.2, 0.25) is 5.91 Å². The van der Waals surface area contributed by atoms with E-state index in [1.54, 1.807) is 24.3 Å². The molecule has 1 aromatic heterocycles. The van der Waals surface area contributed by atoms with E-state index in [-0.39, 0.29) is 23.2 Å². The van der Waals surface area contributed by atoms with Gasteiger partial charge in [0, 0.05) is 6.92 Å². The fourth-order valence-electron chi connectivity index (χ4n) is 3.73. The van der Waals surface area contributed by atoms with Crippen LogP contribution in [0.3, 0.4) is 0 Å². The van der Waals surface area contributed by atoms with Crippen LogP contribution in [0.4, 0.5) is 8.78 Å². The van der Waals surface area contributed by atoms with Crippen molar-refractivity contribution in [3.05, 3.63) is 30.1 Å². The molecule has 3 rings (SSSR count). The summed E-state index contributed by atoms with van der Waals surface area (Å²) in [7, 11) is 0. The smallest absolute Gasteiger partial charge is 0.329 e. The van der Waals surface area contributed by atoms with Gasteiger partial charge in [-0.15, -0.1) is 0 Å². The number of carbonyl (C=O) groups excluding carboxylic acids is 2. The number of nitrogens with one attached hydrogen (secondary N) is 1. The third kappa shape index (κ3) is 4.09. The molecule has 0 unspecified atom stereocenters. The Morgan fingerprint density at radius 3 is 2.56 bits per heavy atom. The number of alkyl halides is 2. The van der Waals surface area contributed by atoms with Crippen molar-refractivity contribution >= 4 is 22.9 Å². The number of halogens is 2. The van der Waals surface area contributed by atoms with E-state index in [0.29, 0.717) is 5.52 Å². The van der Waals surface area contributed by atoms with E-state index in [4.69, 9.17) is 4.74 Å². The minimum absolute atomic E-state index is 0.00233. The van der Waals surface area contributed by atoms with Gasteiger partial charge in [-0.05, 0) is 37.8 Å². The van der Waals surface area contributed by atoms with Crippen LogP contribution in [-0.2, 0) is 14.3 Å². The van der Waals surface area contributed by atoms with Gasteiger partial charge in [-0.1, -0.05) is 25.0 Å². The van der Waals surface area contributed by atoms with Gasteiger partial charge in [0.1, 0.15) is 6.04 Å². The van der Waals surface area contributed by atoms with Crippen LogP contribution in [0, 0.1) is 5.92 Å². The Labute approximate surface area is 155 Å².